The first-order chi connectivity index (χ1) is 6.99. The third-order valence-corrected chi connectivity index (χ3v) is 4.60. The summed E-state index contributed by atoms with van der Waals surface area (Å²) in [7, 11) is -3.12. The number of rotatable bonds is 3. The molecule has 1 fully saturated rings. The van der Waals surface area contributed by atoms with Gasteiger partial charge in [0.15, 0.2) is 0 Å². The van der Waals surface area contributed by atoms with Gasteiger partial charge in [-0.1, -0.05) is 6.07 Å². The Labute approximate surface area is 90.6 Å². The van der Waals surface area contributed by atoms with Crippen molar-refractivity contribution in [2.24, 2.45) is 0 Å². The molecule has 3 nitrogen and oxygen atoms in total. The Balaban J connectivity index is 2.21. The number of hydrogen-bond acceptors (Lipinski definition) is 2. The standard InChI is InChI=1S/C11H15NO2S/c1-8-3-4-10(7-9(8)2)12-15(13,14)11-5-6-11/h3-4,7,11-12H,5-6H2,1-2H3. The van der Waals surface area contributed by atoms with E-state index in [1.807, 2.05) is 32.0 Å². The van der Waals surface area contributed by atoms with E-state index in [1.54, 1.807) is 0 Å². The number of hydrogen-bond donors (Lipinski definition) is 1. The topological polar surface area (TPSA) is 46.2 Å². The summed E-state index contributed by atoms with van der Waals surface area (Å²) in [5.41, 5.74) is 2.94. The van der Waals surface area contributed by atoms with E-state index in [0.717, 1.165) is 18.4 Å². The van der Waals surface area contributed by atoms with Crippen LogP contribution in [0.2, 0.25) is 0 Å². The molecule has 0 unspecified atom stereocenters. The predicted octanol–water partition coefficient (Wildman–Crippen LogP) is 2.21. The highest BCUT2D eigenvalue weighted by atomic mass is 32.2. The molecule has 1 N–H and O–H groups in total. The van der Waals surface area contributed by atoms with Crippen LogP contribution in [0.4, 0.5) is 5.69 Å². The summed E-state index contributed by atoms with van der Waals surface area (Å²) < 4.78 is 25.9. The van der Waals surface area contributed by atoms with Crippen molar-refractivity contribution in [3.05, 3.63) is 29.3 Å². The van der Waals surface area contributed by atoms with Gasteiger partial charge in [0.05, 0.1) is 5.25 Å². The molecule has 0 heterocycles. The summed E-state index contributed by atoms with van der Waals surface area (Å²) in [6, 6.07) is 5.61. The third kappa shape index (κ3) is 2.31. The van der Waals surface area contributed by atoms with Gasteiger partial charge in [-0.25, -0.2) is 8.42 Å². The fraction of sp³-hybridized carbons (Fsp3) is 0.455. The molecule has 0 aliphatic heterocycles. The molecular formula is C11H15NO2S. The van der Waals surface area contributed by atoms with Crippen LogP contribution in [0.1, 0.15) is 24.0 Å². The van der Waals surface area contributed by atoms with Crippen LogP contribution in [0.25, 0.3) is 0 Å². The van der Waals surface area contributed by atoms with Crippen molar-refractivity contribution in [3.63, 3.8) is 0 Å². The zero-order chi connectivity index (χ0) is 11.1. The van der Waals surface area contributed by atoms with Crippen LogP contribution in [-0.2, 0) is 10.0 Å². The summed E-state index contributed by atoms with van der Waals surface area (Å²) >= 11 is 0. The van der Waals surface area contributed by atoms with E-state index in [-0.39, 0.29) is 5.25 Å². The van der Waals surface area contributed by atoms with Crippen LogP contribution in [0.3, 0.4) is 0 Å². The molecule has 0 radical (unpaired) electrons. The first-order valence-corrected chi connectivity index (χ1v) is 6.62. The summed E-state index contributed by atoms with van der Waals surface area (Å²) in [5.74, 6) is 0. The molecule has 0 spiro atoms. The van der Waals surface area contributed by atoms with Gasteiger partial charge >= 0.3 is 0 Å². The van der Waals surface area contributed by atoms with Gasteiger partial charge in [0.2, 0.25) is 10.0 Å². The summed E-state index contributed by atoms with van der Waals surface area (Å²) in [4.78, 5) is 0. The second-order valence-corrected chi connectivity index (χ2v) is 6.11. The average Bonchev–Trinajstić information content (AvgIpc) is 2.93. The fourth-order valence-corrected chi connectivity index (χ4v) is 2.81. The molecule has 82 valence electrons. The molecule has 1 aromatic rings. The maximum atomic E-state index is 11.6. The van der Waals surface area contributed by atoms with Crippen molar-refractivity contribution in [2.45, 2.75) is 31.9 Å². The number of benzene rings is 1. The maximum Gasteiger partial charge on any atom is 0.235 e. The van der Waals surface area contributed by atoms with E-state index in [2.05, 4.69) is 4.72 Å². The Morgan fingerprint density at radius 1 is 1.20 bits per heavy atom. The third-order valence-electron chi connectivity index (χ3n) is 2.73. The molecule has 0 aromatic heterocycles. The van der Waals surface area contributed by atoms with Gasteiger partial charge in [-0.2, -0.15) is 0 Å². The first-order valence-electron chi connectivity index (χ1n) is 5.08. The Hall–Kier alpha value is -1.03. The smallest absolute Gasteiger partial charge is 0.235 e. The molecule has 1 saturated carbocycles. The van der Waals surface area contributed by atoms with Crippen molar-refractivity contribution in [1.29, 1.82) is 0 Å². The van der Waals surface area contributed by atoms with E-state index in [9.17, 15) is 8.42 Å². The van der Waals surface area contributed by atoms with Gasteiger partial charge in [-0.05, 0) is 49.9 Å². The van der Waals surface area contributed by atoms with Crippen molar-refractivity contribution in [1.82, 2.24) is 0 Å². The highest BCUT2D eigenvalue weighted by Gasteiger charge is 2.35. The number of nitrogens with one attached hydrogen (secondary N) is 1. The minimum Gasteiger partial charge on any atom is -0.283 e. The van der Waals surface area contributed by atoms with Crippen LogP contribution in [0.15, 0.2) is 18.2 Å². The van der Waals surface area contributed by atoms with E-state index in [1.165, 1.54) is 5.56 Å². The summed E-state index contributed by atoms with van der Waals surface area (Å²) in [5, 5.41) is -0.167. The molecular weight excluding hydrogens is 210 g/mol. The number of anilines is 1. The second kappa shape index (κ2) is 3.52. The van der Waals surface area contributed by atoms with Crippen LogP contribution in [0.5, 0.6) is 0 Å². The lowest BCUT2D eigenvalue weighted by Crippen LogP contribution is -2.17. The predicted molar refractivity (Wildman–Crippen MR) is 61.5 cm³/mol. The Morgan fingerprint density at radius 2 is 1.87 bits per heavy atom. The fourth-order valence-electron chi connectivity index (χ4n) is 1.43. The Bertz CT molecular complexity index is 475. The molecule has 2 rings (SSSR count). The Morgan fingerprint density at radius 3 is 2.40 bits per heavy atom. The van der Waals surface area contributed by atoms with Crippen molar-refractivity contribution < 1.29 is 8.42 Å². The molecule has 0 amide bonds. The van der Waals surface area contributed by atoms with Gasteiger partial charge in [0.25, 0.3) is 0 Å². The van der Waals surface area contributed by atoms with Gasteiger partial charge in [-0.3, -0.25) is 4.72 Å². The molecule has 1 aromatic carbocycles. The Kier molecular flexibility index (Phi) is 2.46. The van der Waals surface area contributed by atoms with E-state index in [4.69, 9.17) is 0 Å². The minimum absolute atomic E-state index is 0.167. The molecule has 4 heteroatoms. The van der Waals surface area contributed by atoms with Crippen molar-refractivity contribution in [2.75, 3.05) is 4.72 Å². The molecule has 1 aliphatic rings. The first kappa shape index (κ1) is 10.5. The van der Waals surface area contributed by atoms with Gasteiger partial charge in [0.1, 0.15) is 0 Å². The average molecular weight is 225 g/mol. The number of sulfonamides is 1. The lowest BCUT2D eigenvalue weighted by molar-refractivity contribution is 0.600. The quantitative estimate of drug-likeness (QED) is 0.857. The zero-order valence-corrected chi connectivity index (χ0v) is 9.76. The molecule has 0 saturated heterocycles. The van der Waals surface area contributed by atoms with Crippen LogP contribution in [0, 0.1) is 13.8 Å². The molecule has 1 aliphatic carbocycles. The normalized spacial score (nSPS) is 16.4. The van der Waals surface area contributed by atoms with Crippen molar-refractivity contribution in [3.8, 4) is 0 Å². The highest BCUT2D eigenvalue weighted by molar-refractivity contribution is 7.93. The largest absolute Gasteiger partial charge is 0.283 e. The van der Waals surface area contributed by atoms with E-state index >= 15 is 0 Å². The number of aryl methyl sites for hydroxylation is 2. The molecule has 15 heavy (non-hydrogen) atoms. The maximum absolute atomic E-state index is 11.6. The van der Waals surface area contributed by atoms with Crippen molar-refractivity contribution >= 4 is 15.7 Å². The van der Waals surface area contributed by atoms with E-state index in [0.29, 0.717) is 5.69 Å². The van der Waals surface area contributed by atoms with Crippen LogP contribution < -0.4 is 4.72 Å². The summed E-state index contributed by atoms with van der Waals surface area (Å²) in [6.45, 7) is 3.98. The molecule has 0 atom stereocenters. The molecule has 0 bridgehead atoms. The SMILES string of the molecule is Cc1ccc(NS(=O)(=O)C2CC2)cc1C. The van der Waals surface area contributed by atoms with Gasteiger partial charge in [0, 0.05) is 5.69 Å². The van der Waals surface area contributed by atoms with E-state index < -0.39 is 10.0 Å². The van der Waals surface area contributed by atoms with Gasteiger partial charge < -0.3 is 0 Å². The van der Waals surface area contributed by atoms with Crippen LogP contribution >= 0.6 is 0 Å². The monoisotopic (exact) mass is 225 g/mol. The van der Waals surface area contributed by atoms with Gasteiger partial charge in [-0.15, -0.1) is 0 Å². The lowest BCUT2D eigenvalue weighted by atomic mass is 10.1. The van der Waals surface area contributed by atoms with Crippen LogP contribution in [-0.4, -0.2) is 13.7 Å². The highest BCUT2D eigenvalue weighted by Crippen LogP contribution is 2.29. The lowest BCUT2D eigenvalue weighted by Gasteiger charge is -2.08. The second-order valence-electron chi connectivity index (χ2n) is 4.15. The summed E-state index contributed by atoms with van der Waals surface area (Å²) in [6.07, 6.45) is 1.58. The zero-order valence-electron chi connectivity index (χ0n) is 8.95. The minimum atomic E-state index is -3.12.